The number of rotatable bonds is 8. The van der Waals surface area contributed by atoms with E-state index >= 15 is 0 Å². The molecular weight excluding hydrogens is 303 g/mol. The Hall–Kier alpha value is -1.08. The summed E-state index contributed by atoms with van der Waals surface area (Å²) in [5.74, 6) is 0.975. The van der Waals surface area contributed by atoms with Crippen LogP contribution in [0.3, 0.4) is 0 Å². The molecule has 0 aromatic heterocycles. The zero-order chi connectivity index (χ0) is 15.9. The molecule has 2 N–H and O–H groups in total. The van der Waals surface area contributed by atoms with E-state index in [2.05, 4.69) is 0 Å². The van der Waals surface area contributed by atoms with Crippen molar-refractivity contribution in [1.29, 1.82) is 0 Å². The third-order valence-electron chi connectivity index (χ3n) is 2.89. The Labute approximate surface area is 127 Å². The largest absolute Gasteiger partial charge is 0.497 e. The van der Waals surface area contributed by atoms with E-state index in [1.54, 1.807) is 12.1 Å². The maximum Gasteiger partial charge on any atom is 0.441 e. The van der Waals surface area contributed by atoms with Crippen molar-refractivity contribution in [1.82, 2.24) is 0 Å². The van der Waals surface area contributed by atoms with Crippen LogP contribution in [-0.4, -0.2) is 31.0 Å². The molecule has 0 aliphatic heterocycles. The molecule has 1 unspecified atom stereocenters. The first-order valence-corrected chi connectivity index (χ1v) is 7.60. The Kier molecular flexibility index (Phi) is 7.17. The van der Waals surface area contributed by atoms with Crippen LogP contribution in [0.1, 0.15) is 18.9 Å². The van der Waals surface area contributed by atoms with E-state index in [0.29, 0.717) is 17.9 Å². The van der Waals surface area contributed by atoms with Gasteiger partial charge in [0.2, 0.25) is 0 Å². The highest BCUT2D eigenvalue weighted by Gasteiger charge is 2.27. The highest BCUT2D eigenvalue weighted by atomic mass is 32.2. The molecule has 0 spiro atoms. The van der Waals surface area contributed by atoms with E-state index in [9.17, 15) is 13.2 Å². The Morgan fingerprint density at radius 2 is 2.05 bits per heavy atom. The normalized spacial score (nSPS) is 13.0. The average Bonchev–Trinajstić information content (AvgIpc) is 2.43. The molecule has 0 heterocycles. The van der Waals surface area contributed by atoms with Crippen LogP contribution in [0.4, 0.5) is 13.2 Å². The number of alkyl halides is 3. The van der Waals surface area contributed by atoms with Crippen molar-refractivity contribution in [2.45, 2.75) is 31.3 Å². The third kappa shape index (κ3) is 6.95. The van der Waals surface area contributed by atoms with Gasteiger partial charge in [0.25, 0.3) is 0 Å². The molecule has 3 nitrogen and oxygen atoms in total. The van der Waals surface area contributed by atoms with Crippen molar-refractivity contribution in [3.8, 4) is 11.5 Å². The molecule has 1 aromatic rings. The van der Waals surface area contributed by atoms with Crippen LogP contribution in [0, 0.1) is 0 Å². The van der Waals surface area contributed by atoms with E-state index in [0.717, 1.165) is 12.0 Å². The first kappa shape index (κ1) is 18.0. The summed E-state index contributed by atoms with van der Waals surface area (Å²) < 4.78 is 46.8. The number of ether oxygens (including phenoxy) is 2. The summed E-state index contributed by atoms with van der Waals surface area (Å²) in [6, 6.07) is 5.29. The number of hydrogen-bond acceptors (Lipinski definition) is 4. The summed E-state index contributed by atoms with van der Waals surface area (Å²) in [5, 5.41) is 0. The van der Waals surface area contributed by atoms with Gasteiger partial charge in [-0.1, -0.05) is 13.0 Å². The van der Waals surface area contributed by atoms with Crippen LogP contribution in [0.25, 0.3) is 0 Å². The van der Waals surface area contributed by atoms with Crippen LogP contribution in [0.5, 0.6) is 11.5 Å². The summed E-state index contributed by atoms with van der Waals surface area (Å²) in [5.41, 5.74) is 2.56. The Morgan fingerprint density at radius 3 is 2.62 bits per heavy atom. The lowest BCUT2D eigenvalue weighted by Crippen LogP contribution is -2.22. The molecule has 0 fully saturated rings. The minimum Gasteiger partial charge on any atom is -0.497 e. The van der Waals surface area contributed by atoms with Crippen molar-refractivity contribution in [2.75, 3.05) is 19.5 Å². The van der Waals surface area contributed by atoms with Gasteiger partial charge in [-0.2, -0.15) is 13.2 Å². The van der Waals surface area contributed by atoms with Crippen molar-refractivity contribution in [2.24, 2.45) is 5.73 Å². The molecule has 1 rings (SSSR count). The van der Waals surface area contributed by atoms with E-state index in [-0.39, 0.29) is 30.2 Å². The topological polar surface area (TPSA) is 44.5 Å². The molecule has 0 aliphatic carbocycles. The Bertz CT molecular complexity index is 441. The maximum absolute atomic E-state index is 12.1. The quantitative estimate of drug-likeness (QED) is 0.742. The van der Waals surface area contributed by atoms with E-state index < -0.39 is 5.51 Å². The van der Waals surface area contributed by atoms with Gasteiger partial charge in [0.15, 0.2) is 0 Å². The maximum atomic E-state index is 12.1. The zero-order valence-corrected chi connectivity index (χ0v) is 12.9. The second kappa shape index (κ2) is 8.38. The van der Waals surface area contributed by atoms with E-state index in [1.807, 2.05) is 13.0 Å². The van der Waals surface area contributed by atoms with Gasteiger partial charge in [0, 0.05) is 17.9 Å². The first-order chi connectivity index (χ1) is 9.85. The summed E-state index contributed by atoms with van der Waals surface area (Å²) >= 11 is -0.0939. The van der Waals surface area contributed by atoms with Gasteiger partial charge in [0.1, 0.15) is 11.5 Å². The number of thioether (sulfide) groups is 1. The van der Waals surface area contributed by atoms with Crippen LogP contribution in [0.15, 0.2) is 18.2 Å². The van der Waals surface area contributed by atoms with E-state index in [1.165, 1.54) is 7.11 Å². The lowest BCUT2D eigenvalue weighted by atomic mass is 10.0. The van der Waals surface area contributed by atoms with Crippen molar-refractivity contribution in [3.05, 3.63) is 23.8 Å². The van der Waals surface area contributed by atoms with Gasteiger partial charge in [-0.05, 0) is 36.2 Å². The molecule has 0 amide bonds. The first-order valence-electron chi connectivity index (χ1n) is 6.61. The minimum atomic E-state index is -4.23. The fourth-order valence-electron chi connectivity index (χ4n) is 1.70. The molecule has 7 heteroatoms. The summed E-state index contributed by atoms with van der Waals surface area (Å²) in [6.45, 7) is 1.96. The number of methoxy groups -OCH3 is 1. The van der Waals surface area contributed by atoms with Crippen LogP contribution in [-0.2, 0) is 6.42 Å². The fraction of sp³-hybridized carbons (Fsp3) is 0.571. The number of nitrogens with two attached hydrogens (primary N) is 1. The SMILES string of the molecule is CCC(N)Cc1ccc(OC)cc1OCCSC(F)(F)F. The monoisotopic (exact) mass is 323 g/mol. The van der Waals surface area contributed by atoms with Gasteiger partial charge in [0.05, 0.1) is 13.7 Å². The molecule has 0 bridgehead atoms. The number of benzene rings is 1. The second-order valence-electron chi connectivity index (χ2n) is 4.49. The number of halogens is 3. The van der Waals surface area contributed by atoms with Crippen LogP contribution >= 0.6 is 11.8 Å². The molecule has 1 atom stereocenters. The fourth-order valence-corrected chi connectivity index (χ4v) is 2.10. The molecule has 0 radical (unpaired) electrons. The predicted octanol–water partition coefficient (Wildman–Crippen LogP) is 3.61. The smallest absolute Gasteiger partial charge is 0.441 e. The van der Waals surface area contributed by atoms with Gasteiger partial charge >= 0.3 is 5.51 Å². The van der Waals surface area contributed by atoms with Crippen molar-refractivity contribution in [3.63, 3.8) is 0 Å². The zero-order valence-electron chi connectivity index (χ0n) is 12.1. The predicted molar refractivity (Wildman–Crippen MR) is 79.0 cm³/mol. The Morgan fingerprint density at radius 1 is 1.33 bits per heavy atom. The summed E-state index contributed by atoms with van der Waals surface area (Å²) in [6.07, 6.45) is 1.43. The molecule has 0 saturated carbocycles. The standard InChI is InChI=1S/C14H20F3NO2S/c1-3-11(18)8-10-4-5-12(19-2)9-13(10)20-6-7-21-14(15,16)17/h4-5,9,11H,3,6-8,18H2,1-2H3. The summed E-state index contributed by atoms with van der Waals surface area (Å²) in [4.78, 5) is 0. The molecule has 0 saturated heterocycles. The van der Waals surface area contributed by atoms with Gasteiger partial charge in [-0.15, -0.1) is 0 Å². The minimum absolute atomic E-state index is 0.00899. The van der Waals surface area contributed by atoms with Crippen molar-refractivity contribution < 1.29 is 22.6 Å². The summed E-state index contributed by atoms with van der Waals surface area (Å²) in [7, 11) is 1.52. The lowest BCUT2D eigenvalue weighted by Gasteiger charge is -2.15. The second-order valence-corrected chi connectivity index (χ2v) is 5.65. The average molecular weight is 323 g/mol. The molecule has 1 aromatic carbocycles. The van der Waals surface area contributed by atoms with E-state index in [4.69, 9.17) is 15.2 Å². The van der Waals surface area contributed by atoms with Crippen LogP contribution < -0.4 is 15.2 Å². The van der Waals surface area contributed by atoms with Crippen LogP contribution in [0.2, 0.25) is 0 Å². The molecule has 120 valence electrons. The van der Waals surface area contributed by atoms with Gasteiger partial charge < -0.3 is 15.2 Å². The molecule has 0 aliphatic rings. The van der Waals surface area contributed by atoms with Gasteiger partial charge in [-0.3, -0.25) is 0 Å². The molecular formula is C14H20F3NO2S. The van der Waals surface area contributed by atoms with Crippen molar-refractivity contribution >= 4 is 11.8 Å². The highest BCUT2D eigenvalue weighted by molar-refractivity contribution is 8.00. The van der Waals surface area contributed by atoms with Gasteiger partial charge in [-0.25, -0.2) is 0 Å². The lowest BCUT2D eigenvalue weighted by molar-refractivity contribution is -0.0329. The highest BCUT2D eigenvalue weighted by Crippen LogP contribution is 2.30. The third-order valence-corrected chi connectivity index (χ3v) is 3.59. The number of hydrogen-bond donors (Lipinski definition) is 1. The molecule has 21 heavy (non-hydrogen) atoms. The Balaban J connectivity index is 2.67.